The van der Waals surface area contributed by atoms with Crippen molar-refractivity contribution in [2.45, 2.75) is 139 Å². The molecule has 9 amide bonds. The lowest BCUT2D eigenvalue weighted by atomic mass is 10.0. The van der Waals surface area contributed by atoms with Gasteiger partial charge in [-0.25, -0.2) is 0 Å². The minimum Gasteiger partial charge on any atom is -0.370 e. The first kappa shape index (κ1) is 60.4. The summed E-state index contributed by atoms with van der Waals surface area (Å²) in [6, 6.07) is 17.8. The predicted octanol–water partition coefficient (Wildman–Crippen LogP) is 5.79. The van der Waals surface area contributed by atoms with Gasteiger partial charge in [-0.3, -0.25) is 57.9 Å². The minimum atomic E-state index is -5.87. The number of halogens is 2. The van der Waals surface area contributed by atoms with Gasteiger partial charge in [0.15, 0.2) is 0 Å². The number of imide groups is 1. The largest absolute Gasteiger partial charge is 0.399 e. The summed E-state index contributed by atoms with van der Waals surface area (Å²) in [5.41, 5.74) is 4.50. The molecule has 24 heteroatoms. The summed E-state index contributed by atoms with van der Waals surface area (Å²) in [5, 5.41) is 13.6. The number of hydrogen-bond acceptors (Lipinski definition) is 11. The normalized spacial score (nSPS) is 18.2. The highest BCUT2D eigenvalue weighted by atomic mass is 32.1. The first-order chi connectivity index (χ1) is 40.2. The van der Waals surface area contributed by atoms with Crippen molar-refractivity contribution in [1.29, 1.82) is 0 Å². The van der Waals surface area contributed by atoms with Crippen LogP contribution in [0, 0.1) is 11.8 Å². The molecule has 4 aromatic carbocycles. The molecule has 4 aliphatic rings. The molecule has 440 valence electrons. The van der Waals surface area contributed by atoms with Crippen LogP contribution in [0.5, 0.6) is 0 Å². The molecule has 5 atom stereocenters. The van der Waals surface area contributed by atoms with Crippen LogP contribution >= 0.6 is 18.9 Å². The number of primary amides is 1. The Kier molecular flexibility index (Phi) is 18.8. The second kappa shape index (κ2) is 26.2. The maximum Gasteiger partial charge on any atom is 0.399 e. The molecule has 5 aromatic rings. The summed E-state index contributed by atoms with van der Waals surface area (Å²) < 4.78 is 41.0. The lowest BCUT2D eigenvalue weighted by molar-refractivity contribution is -0.137. The van der Waals surface area contributed by atoms with Gasteiger partial charge in [0.25, 0.3) is 11.8 Å². The first-order valence-corrected chi connectivity index (χ1v) is 30.3. The van der Waals surface area contributed by atoms with E-state index in [9.17, 15) is 66.3 Å². The van der Waals surface area contributed by atoms with E-state index in [1.807, 2.05) is 6.07 Å². The Morgan fingerprint density at radius 3 is 2.30 bits per heavy atom. The fourth-order valence-electron chi connectivity index (χ4n) is 11.1. The van der Waals surface area contributed by atoms with Crippen LogP contribution in [0.25, 0.3) is 10.1 Å². The van der Waals surface area contributed by atoms with Crippen molar-refractivity contribution in [1.82, 2.24) is 31.5 Å². The lowest BCUT2D eigenvalue weighted by Gasteiger charge is -2.29. The maximum atomic E-state index is 14.6. The van der Waals surface area contributed by atoms with E-state index in [2.05, 4.69) is 38.4 Å². The van der Waals surface area contributed by atoms with Crippen LogP contribution in [0.2, 0.25) is 0 Å². The van der Waals surface area contributed by atoms with Gasteiger partial charge in [0.05, 0.1) is 10.6 Å². The SMILES string of the molecule is NC(=O)CC[C@H](NC(=O)[C@@H]1Cc2cccc3c2N1C(=O)[C@@H](NC(=O)c1cc2cc(C(F)(F)P(=O)(O)O)ccc2s1)CC3)C(=O)N[C@H](C(=O)NCCCCCCCCCC#Cc1cccc2c1CN(C1CCC(=O)NC1=O)C2=O)c1ccccc1. The number of benzene rings is 4. The van der Waals surface area contributed by atoms with E-state index in [4.69, 9.17) is 5.73 Å². The molecule has 5 heterocycles. The van der Waals surface area contributed by atoms with E-state index in [0.717, 1.165) is 78.7 Å². The predicted molar refractivity (Wildman–Crippen MR) is 306 cm³/mol. The van der Waals surface area contributed by atoms with Gasteiger partial charge in [-0.05, 0) is 96.5 Å². The molecule has 4 aliphatic heterocycles. The fourth-order valence-corrected chi connectivity index (χ4v) is 12.5. The van der Waals surface area contributed by atoms with Gasteiger partial charge in [0, 0.05) is 60.2 Å². The van der Waals surface area contributed by atoms with Crippen molar-refractivity contribution in [2.75, 3.05) is 11.4 Å². The van der Waals surface area contributed by atoms with Crippen molar-refractivity contribution in [3.05, 3.63) is 135 Å². The fraction of sp³-hybridized carbons (Fsp3) is 0.383. The topological polar surface area (TPSA) is 304 Å². The smallest absolute Gasteiger partial charge is 0.370 e. The summed E-state index contributed by atoms with van der Waals surface area (Å²) in [4.78, 5) is 142. The van der Waals surface area contributed by atoms with Crippen LogP contribution in [0.15, 0.2) is 91.0 Å². The van der Waals surface area contributed by atoms with Crippen LogP contribution < -0.4 is 37.2 Å². The Morgan fingerprint density at radius 2 is 1.56 bits per heavy atom. The first-order valence-electron chi connectivity index (χ1n) is 27.9. The van der Waals surface area contributed by atoms with E-state index >= 15 is 0 Å². The Balaban J connectivity index is 0.764. The number of piperidine rings is 1. The lowest BCUT2D eigenvalue weighted by Crippen LogP contribution is -2.57. The zero-order valence-electron chi connectivity index (χ0n) is 45.6. The zero-order valence-corrected chi connectivity index (χ0v) is 47.3. The van der Waals surface area contributed by atoms with Crippen LogP contribution in [0.4, 0.5) is 14.5 Å². The molecule has 0 bridgehead atoms. The Morgan fingerprint density at radius 1 is 0.833 bits per heavy atom. The average molecular weight is 1190 g/mol. The monoisotopic (exact) mass is 1190 g/mol. The van der Waals surface area contributed by atoms with Crippen molar-refractivity contribution in [3.63, 3.8) is 0 Å². The second-order valence-electron chi connectivity index (χ2n) is 21.3. The van der Waals surface area contributed by atoms with E-state index in [1.165, 1.54) is 21.9 Å². The number of nitrogens with one attached hydrogen (secondary N) is 5. The molecule has 1 unspecified atom stereocenters. The number of hydrogen-bond donors (Lipinski definition) is 8. The molecule has 9 N–H and O–H groups in total. The van der Waals surface area contributed by atoms with Gasteiger partial charge in [-0.2, -0.15) is 8.78 Å². The molecule has 1 aromatic heterocycles. The summed E-state index contributed by atoms with van der Waals surface area (Å²) in [6.45, 7) is 0.581. The molecular weight excluding hydrogens is 1130 g/mol. The van der Waals surface area contributed by atoms with Crippen LogP contribution in [0.3, 0.4) is 0 Å². The molecule has 1 fully saturated rings. The van der Waals surface area contributed by atoms with Gasteiger partial charge in [0.1, 0.15) is 30.2 Å². The van der Waals surface area contributed by atoms with Gasteiger partial charge >= 0.3 is 13.3 Å². The maximum absolute atomic E-state index is 14.6. The number of fused-ring (bicyclic) bond motifs is 2. The standard InChI is InChI=1S/C60H63F2N8O12PS/c61-60(62,83(80,81)82)40-23-27-47-39(31-40)33-48(84-47)56(76)66-44-24-22-37-19-13-20-38-32-46(70(52(37)38)59(44)79)55(75)65-43(25-28-49(63)71)53(73)68-51(36-16-10-8-11-17-36)57(77)64-30-12-7-5-3-1-2-4-6-9-15-35-18-14-21-41-42(35)34-69(58(41)78)45-26-29-50(72)67-54(45)74/h8,10-11,13-14,16-21,23,27,31,33,43-46,51H,1-7,12,22,24-26,28-30,32,34H2,(H2,63,71)(H,64,77)(H,65,75)(H,66,76)(H,68,73)(H,67,72,74)(H2,80,81,82)/t43-,44-,45?,46-,51-/m0/s1. The number of unbranched alkanes of at least 4 members (excludes halogenated alkanes) is 7. The number of thiophene rings is 1. The van der Waals surface area contributed by atoms with Crippen molar-refractivity contribution in [3.8, 4) is 11.8 Å². The Hall–Kier alpha value is -8.16. The third kappa shape index (κ3) is 13.6. The number of nitrogens with zero attached hydrogens (tertiary/aromatic N) is 2. The average Bonchev–Trinajstić information content (AvgIpc) is 2.37. The highest BCUT2D eigenvalue weighted by Crippen LogP contribution is 2.59. The molecule has 0 radical (unpaired) electrons. The minimum absolute atomic E-state index is 0.0248. The van der Waals surface area contributed by atoms with Crippen LogP contribution in [-0.2, 0) is 63.2 Å². The van der Waals surface area contributed by atoms with Gasteiger partial charge in [-0.1, -0.05) is 105 Å². The van der Waals surface area contributed by atoms with E-state index in [0.29, 0.717) is 52.9 Å². The van der Waals surface area contributed by atoms with E-state index in [1.54, 1.807) is 60.7 Å². The van der Waals surface area contributed by atoms with Gasteiger partial charge < -0.3 is 41.7 Å². The van der Waals surface area contributed by atoms with Crippen LogP contribution in [0.1, 0.15) is 143 Å². The van der Waals surface area contributed by atoms with Crippen molar-refractivity contribution < 1.29 is 66.3 Å². The summed E-state index contributed by atoms with van der Waals surface area (Å²) in [5.74, 6) is 1.25. The van der Waals surface area contributed by atoms with Crippen molar-refractivity contribution in [2.24, 2.45) is 5.73 Å². The van der Waals surface area contributed by atoms with Gasteiger partial charge in [-0.15, -0.1) is 11.3 Å². The number of para-hydroxylation sites is 1. The highest BCUT2D eigenvalue weighted by molar-refractivity contribution is 7.52. The Labute approximate surface area is 486 Å². The molecule has 1 saturated heterocycles. The number of alkyl halides is 2. The molecule has 20 nitrogen and oxygen atoms in total. The highest BCUT2D eigenvalue weighted by Gasteiger charge is 2.51. The number of amides is 9. The third-order valence-corrected chi connectivity index (χ3v) is 17.6. The number of carbonyl (C=O) groups is 9. The molecular formula is C60H63F2N8O12PS. The number of carbonyl (C=O) groups excluding carboxylic acids is 9. The number of aryl methyl sites for hydroxylation is 1. The molecule has 0 saturated carbocycles. The summed E-state index contributed by atoms with van der Waals surface area (Å²) in [6.07, 6.45) is 7.28. The number of nitrogens with two attached hydrogens (primary N) is 1. The number of anilines is 1. The van der Waals surface area contributed by atoms with Crippen molar-refractivity contribution >= 4 is 87.9 Å². The van der Waals surface area contributed by atoms with Gasteiger partial charge in [0.2, 0.25) is 41.4 Å². The Bertz CT molecular complexity index is 3550. The summed E-state index contributed by atoms with van der Waals surface area (Å²) in [7, 11) is -5.87. The quantitative estimate of drug-likeness (QED) is 0.0167. The summed E-state index contributed by atoms with van der Waals surface area (Å²) >= 11 is 0.916. The third-order valence-electron chi connectivity index (χ3n) is 15.5. The number of rotatable bonds is 23. The van der Waals surface area contributed by atoms with E-state index < -0.39 is 90.4 Å². The molecule has 84 heavy (non-hydrogen) atoms. The second-order valence-corrected chi connectivity index (χ2v) is 24.1. The molecule has 0 aliphatic carbocycles. The van der Waals surface area contributed by atoms with Crippen LogP contribution in [-0.4, -0.2) is 98.6 Å². The zero-order chi connectivity index (χ0) is 59.9. The van der Waals surface area contributed by atoms with E-state index in [-0.39, 0.29) is 67.1 Å². The molecule has 9 rings (SSSR count). The molecule has 0 spiro atoms.